The molecule has 1 N–H and O–H groups in total. The number of ether oxygens (including phenoxy) is 1. The highest BCUT2D eigenvalue weighted by molar-refractivity contribution is 5.61. The normalized spacial score (nSPS) is 17.8. The van der Waals surface area contributed by atoms with Crippen LogP contribution in [0, 0.1) is 0 Å². The van der Waals surface area contributed by atoms with Gasteiger partial charge < -0.3 is 19.9 Å². The van der Waals surface area contributed by atoms with Crippen LogP contribution in [0.2, 0.25) is 0 Å². The van der Waals surface area contributed by atoms with E-state index in [1.165, 1.54) is 11.3 Å². The topological polar surface area (TPSA) is 27.7 Å². The van der Waals surface area contributed by atoms with Crippen LogP contribution in [0.4, 0.5) is 5.69 Å². The van der Waals surface area contributed by atoms with Crippen LogP contribution in [0.3, 0.4) is 0 Å². The summed E-state index contributed by atoms with van der Waals surface area (Å²) in [6, 6.07) is 6.69. The number of benzene rings is 1. The average molecular weight is 291 g/mol. The van der Waals surface area contributed by atoms with Crippen LogP contribution in [-0.4, -0.2) is 51.3 Å². The van der Waals surface area contributed by atoms with Crippen LogP contribution in [0.15, 0.2) is 18.2 Å². The lowest BCUT2D eigenvalue weighted by atomic mass is 10.0. The van der Waals surface area contributed by atoms with Crippen molar-refractivity contribution in [3.63, 3.8) is 0 Å². The molecule has 0 bridgehead atoms. The number of piperazine rings is 1. The molecule has 1 fully saturated rings. The van der Waals surface area contributed by atoms with Crippen LogP contribution in [-0.2, 0) is 0 Å². The van der Waals surface area contributed by atoms with Crippen LogP contribution in [0.5, 0.6) is 5.75 Å². The molecule has 0 spiro atoms. The Morgan fingerprint density at radius 2 is 1.90 bits per heavy atom. The second-order valence-corrected chi connectivity index (χ2v) is 5.59. The Kier molecular flexibility index (Phi) is 5.88. The fourth-order valence-corrected chi connectivity index (χ4v) is 3.13. The molecule has 1 aliphatic rings. The molecule has 1 aromatic rings. The summed E-state index contributed by atoms with van der Waals surface area (Å²) in [6.07, 6.45) is 0. The number of hydrogen-bond acceptors (Lipinski definition) is 4. The second kappa shape index (κ2) is 7.66. The summed E-state index contributed by atoms with van der Waals surface area (Å²) in [4.78, 5) is 5.00. The smallest absolute Gasteiger partial charge is 0.125 e. The lowest BCUT2D eigenvalue weighted by molar-refractivity contribution is 0.270. The number of nitrogens with zero attached hydrogens (tertiary/aromatic N) is 2. The molecule has 0 radical (unpaired) electrons. The summed E-state index contributed by atoms with van der Waals surface area (Å²) in [5, 5.41) is 3.52. The summed E-state index contributed by atoms with van der Waals surface area (Å²) in [7, 11) is 1.76. The SMILES string of the molecule is CCNC(C)c1c(OC)cccc1N1CCN(CC)CC1. The summed E-state index contributed by atoms with van der Waals surface area (Å²) in [6.45, 7) is 13.2. The van der Waals surface area contributed by atoms with Crippen molar-refractivity contribution >= 4 is 5.69 Å². The molecule has 21 heavy (non-hydrogen) atoms. The lowest BCUT2D eigenvalue weighted by Crippen LogP contribution is -2.46. The van der Waals surface area contributed by atoms with Crippen LogP contribution >= 0.6 is 0 Å². The summed E-state index contributed by atoms with van der Waals surface area (Å²) < 4.78 is 5.61. The van der Waals surface area contributed by atoms with Gasteiger partial charge in [-0.15, -0.1) is 0 Å². The summed E-state index contributed by atoms with van der Waals surface area (Å²) in [5.74, 6) is 0.985. The molecule has 1 aromatic carbocycles. The predicted octanol–water partition coefficient (Wildman–Crippen LogP) is 2.51. The third-order valence-corrected chi connectivity index (χ3v) is 4.37. The Hall–Kier alpha value is -1.26. The van der Waals surface area contributed by atoms with Gasteiger partial charge in [0, 0.05) is 43.5 Å². The third kappa shape index (κ3) is 3.69. The van der Waals surface area contributed by atoms with Gasteiger partial charge in [-0.25, -0.2) is 0 Å². The van der Waals surface area contributed by atoms with Crippen molar-refractivity contribution in [2.75, 3.05) is 51.3 Å². The van der Waals surface area contributed by atoms with Crippen molar-refractivity contribution in [1.29, 1.82) is 0 Å². The largest absolute Gasteiger partial charge is 0.496 e. The van der Waals surface area contributed by atoms with E-state index in [-0.39, 0.29) is 0 Å². The van der Waals surface area contributed by atoms with E-state index in [2.05, 4.69) is 54.1 Å². The molecular formula is C17H29N3O. The molecule has 1 saturated heterocycles. The minimum Gasteiger partial charge on any atom is -0.496 e. The minimum absolute atomic E-state index is 0.297. The Balaban J connectivity index is 2.26. The third-order valence-electron chi connectivity index (χ3n) is 4.37. The fraction of sp³-hybridized carbons (Fsp3) is 0.647. The van der Waals surface area contributed by atoms with E-state index in [0.717, 1.165) is 45.0 Å². The highest BCUT2D eigenvalue weighted by Gasteiger charge is 2.22. The number of nitrogens with one attached hydrogen (secondary N) is 1. The van der Waals surface area contributed by atoms with Gasteiger partial charge in [0.05, 0.1) is 7.11 Å². The Bertz CT molecular complexity index is 442. The van der Waals surface area contributed by atoms with Crippen molar-refractivity contribution in [2.24, 2.45) is 0 Å². The second-order valence-electron chi connectivity index (χ2n) is 5.59. The van der Waals surface area contributed by atoms with E-state index < -0.39 is 0 Å². The molecule has 4 nitrogen and oxygen atoms in total. The molecule has 118 valence electrons. The first-order valence-corrected chi connectivity index (χ1v) is 8.08. The van der Waals surface area contributed by atoms with Crippen molar-refractivity contribution in [3.8, 4) is 5.75 Å². The summed E-state index contributed by atoms with van der Waals surface area (Å²) >= 11 is 0. The molecular weight excluding hydrogens is 262 g/mol. The molecule has 0 saturated carbocycles. The van der Waals surface area contributed by atoms with Gasteiger partial charge in [0.1, 0.15) is 5.75 Å². The number of anilines is 1. The van der Waals surface area contributed by atoms with Gasteiger partial charge in [-0.2, -0.15) is 0 Å². The fourth-order valence-electron chi connectivity index (χ4n) is 3.13. The van der Waals surface area contributed by atoms with Crippen molar-refractivity contribution in [2.45, 2.75) is 26.8 Å². The van der Waals surface area contributed by atoms with Crippen LogP contribution in [0.25, 0.3) is 0 Å². The lowest BCUT2D eigenvalue weighted by Gasteiger charge is -2.37. The van der Waals surface area contributed by atoms with Crippen molar-refractivity contribution in [1.82, 2.24) is 10.2 Å². The Labute approximate surface area is 129 Å². The number of hydrogen-bond donors (Lipinski definition) is 1. The molecule has 1 heterocycles. The first kappa shape index (κ1) is 16.1. The van der Waals surface area contributed by atoms with Crippen molar-refractivity contribution in [3.05, 3.63) is 23.8 Å². The first-order valence-electron chi connectivity index (χ1n) is 8.08. The van der Waals surface area contributed by atoms with Gasteiger partial charge in [-0.1, -0.05) is 19.9 Å². The van der Waals surface area contributed by atoms with Gasteiger partial charge in [-0.05, 0) is 32.1 Å². The number of rotatable bonds is 6. The molecule has 0 aliphatic carbocycles. The van der Waals surface area contributed by atoms with E-state index in [1.807, 2.05) is 0 Å². The standard InChI is InChI=1S/C17H29N3O/c1-5-18-14(3)17-15(8-7-9-16(17)21-4)20-12-10-19(6-2)11-13-20/h7-9,14,18H,5-6,10-13H2,1-4H3. The molecule has 2 rings (SSSR count). The van der Waals surface area contributed by atoms with E-state index in [1.54, 1.807) is 7.11 Å². The summed E-state index contributed by atoms with van der Waals surface area (Å²) in [5.41, 5.74) is 2.60. The zero-order valence-corrected chi connectivity index (χ0v) is 13.9. The Morgan fingerprint density at radius 3 is 2.48 bits per heavy atom. The van der Waals surface area contributed by atoms with Gasteiger partial charge in [0.25, 0.3) is 0 Å². The Morgan fingerprint density at radius 1 is 1.19 bits per heavy atom. The zero-order valence-electron chi connectivity index (χ0n) is 13.9. The molecule has 0 amide bonds. The van der Waals surface area contributed by atoms with Gasteiger partial charge in [-0.3, -0.25) is 0 Å². The van der Waals surface area contributed by atoms with E-state index >= 15 is 0 Å². The molecule has 1 atom stereocenters. The van der Waals surface area contributed by atoms with Gasteiger partial charge in [0.2, 0.25) is 0 Å². The molecule has 1 unspecified atom stereocenters. The van der Waals surface area contributed by atoms with Gasteiger partial charge >= 0.3 is 0 Å². The maximum absolute atomic E-state index is 5.61. The number of likely N-dealkylation sites (N-methyl/N-ethyl adjacent to an activating group) is 1. The van der Waals surface area contributed by atoms with Crippen LogP contribution < -0.4 is 15.0 Å². The minimum atomic E-state index is 0.297. The number of methoxy groups -OCH3 is 1. The molecule has 0 aromatic heterocycles. The predicted molar refractivity (Wildman–Crippen MR) is 89.4 cm³/mol. The van der Waals surface area contributed by atoms with Gasteiger partial charge in [0.15, 0.2) is 0 Å². The molecule has 4 heteroatoms. The zero-order chi connectivity index (χ0) is 15.2. The monoisotopic (exact) mass is 291 g/mol. The maximum Gasteiger partial charge on any atom is 0.125 e. The highest BCUT2D eigenvalue weighted by Crippen LogP contribution is 2.35. The molecule has 1 aliphatic heterocycles. The highest BCUT2D eigenvalue weighted by atomic mass is 16.5. The van der Waals surface area contributed by atoms with Crippen LogP contribution in [0.1, 0.15) is 32.4 Å². The average Bonchev–Trinajstić information content (AvgIpc) is 2.54. The van der Waals surface area contributed by atoms with E-state index in [0.29, 0.717) is 6.04 Å². The maximum atomic E-state index is 5.61. The quantitative estimate of drug-likeness (QED) is 0.871. The first-order chi connectivity index (χ1) is 10.2. The van der Waals surface area contributed by atoms with E-state index in [4.69, 9.17) is 4.74 Å². The van der Waals surface area contributed by atoms with E-state index in [9.17, 15) is 0 Å². The van der Waals surface area contributed by atoms with Crippen molar-refractivity contribution < 1.29 is 4.74 Å².